The zero-order valence-electron chi connectivity index (χ0n) is 9.40. The molecule has 15 heavy (non-hydrogen) atoms. The van der Waals surface area contributed by atoms with Crippen molar-refractivity contribution >= 4 is 5.82 Å². The molecule has 1 aromatic rings. The maximum absolute atomic E-state index is 4.32. The van der Waals surface area contributed by atoms with Crippen molar-refractivity contribution in [2.75, 3.05) is 32.1 Å². The number of anilines is 1. The van der Waals surface area contributed by atoms with Crippen LogP contribution in [-0.2, 0) is 6.42 Å². The van der Waals surface area contributed by atoms with Gasteiger partial charge in [0.25, 0.3) is 0 Å². The minimum Gasteiger partial charge on any atom is -0.363 e. The van der Waals surface area contributed by atoms with Gasteiger partial charge in [-0.25, -0.2) is 9.97 Å². The van der Waals surface area contributed by atoms with Gasteiger partial charge in [0.1, 0.15) is 12.1 Å². The molecule has 1 aliphatic heterocycles. The quantitative estimate of drug-likeness (QED) is 0.790. The van der Waals surface area contributed by atoms with E-state index in [1.807, 2.05) is 19.0 Å². The van der Waals surface area contributed by atoms with E-state index in [-0.39, 0.29) is 0 Å². The van der Waals surface area contributed by atoms with E-state index in [9.17, 15) is 0 Å². The molecule has 4 heteroatoms. The van der Waals surface area contributed by atoms with Gasteiger partial charge in [-0.3, -0.25) is 0 Å². The molecule has 0 amide bonds. The fraction of sp³-hybridized carbons (Fsp3) is 0.636. The highest BCUT2D eigenvalue weighted by Gasteiger charge is 2.15. The van der Waals surface area contributed by atoms with E-state index in [1.165, 1.54) is 6.42 Å². The van der Waals surface area contributed by atoms with Crippen molar-refractivity contribution in [1.29, 1.82) is 0 Å². The van der Waals surface area contributed by atoms with Crippen LogP contribution in [0.25, 0.3) is 0 Å². The number of aromatic nitrogens is 2. The average Bonchev–Trinajstić information content (AvgIpc) is 2.71. The highest BCUT2D eigenvalue weighted by Crippen LogP contribution is 2.15. The summed E-state index contributed by atoms with van der Waals surface area (Å²) in [5.74, 6) is 1.74. The summed E-state index contributed by atoms with van der Waals surface area (Å²) < 4.78 is 0. The smallest absolute Gasteiger partial charge is 0.131 e. The van der Waals surface area contributed by atoms with Crippen LogP contribution in [0.4, 0.5) is 5.82 Å². The summed E-state index contributed by atoms with van der Waals surface area (Å²) >= 11 is 0. The maximum atomic E-state index is 4.32. The molecule has 0 radical (unpaired) electrons. The van der Waals surface area contributed by atoms with Crippen molar-refractivity contribution < 1.29 is 0 Å². The van der Waals surface area contributed by atoms with Crippen LogP contribution in [0.5, 0.6) is 0 Å². The molecule has 0 unspecified atom stereocenters. The number of hydrogen-bond acceptors (Lipinski definition) is 4. The van der Waals surface area contributed by atoms with Gasteiger partial charge in [0, 0.05) is 25.9 Å². The Hall–Kier alpha value is -1.16. The van der Waals surface area contributed by atoms with Crippen LogP contribution in [-0.4, -0.2) is 37.2 Å². The summed E-state index contributed by atoms with van der Waals surface area (Å²) in [4.78, 5) is 10.5. The SMILES string of the molecule is CN(C)c1cc(C[C@H]2CCNC2)ncn1. The number of nitrogens with one attached hydrogen (secondary N) is 1. The topological polar surface area (TPSA) is 41.0 Å². The Kier molecular flexibility index (Phi) is 3.16. The zero-order chi connectivity index (χ0) is 10.7. The maximum Gasteiger partial charge on any atom is 0.131 e. The Bertz CT molecular complexity index is 318. The first-order valence-electron chi connectivity index (χ1n) is 5.44. The lowest BCUT2D eigenvalue weighted by Gasteiger charge is -2.13. The molecule has 0 bridgehead atoms. The summed E-state index contributed by atoms with van der Waals surface area (Å²) in [5, 5.41) is 3.38. The van der Waals surface area contributed by atoms with E-state index >= 15 is 0 Å². The highest BCUT2D eigenvalue weighted by atomic mass is 15.1. The average molecular weight is 206 g/mol. The van der Waals surface area contributed by atoms with Gasteiger partial charge in [-0.2, -0.15) is 0 Å². The summed E-state index contributed by atoms with van der Waals surface area (Å²) in [5.41, 5.74) is 1.16. The van der Waals surface area contributed by atoms with E-state index in [4.69, 9.17) is 0 Å². The lowest BCUT2D eigenvalue weighted by atomic mass is 10.0. The molecule has 2 rings (SSSR count). The molecular formula is C11H18N4. The van der Waals surface area contributed by atoms with Crippen LogP contribution in [0.1, 0.15) is 12.1 Å². The van der Waals surface area contributed by atoms with E-state index in [1.54, 1.807) is 6.33 Å². The monoisotopic (exact) mass is 206 g/mol. The van der Waals surface area contributed by atoms with Crippen molar-refractivity contribution in [3.05, 3.63) is 18.1 Å². The summed E-state index contributed by atoms with van der Waals surface area (Å²) in [6.45, 7) is 2.28. The van der Waals surface area contributed by atoms with Gasteiger partial charge in [-0.1, -0.05) is 0 Å². The minimum absolute atomic E-state index is 0.745. The summed E-state index contributed by atoms with van der Waals surface area (Å²) in [6.07, 6.45) is 3.99. The van der Waals surface area contributed by atoms with Gasteiger partial charge >= 0.3 is 0 Å². The van der Waals surface area contributed by atoms with Crippen molar-refractivity contribution in [2.24, 2.45) is 5.92 Å². The van der Waals surface area contributed by atoms with E-state index in [0.29, 0.717) is 0 Å². The molecule has 4 nitrogen and oxygen atoms in total. The second kappa shape index (κ2) is 4.57. The van der Waals surface area contributed by atoms with Crippen molar-refractivity contribution in [1.82, 2.24) is 15.3 Å². The van der Waals surface area contributed by atoms with Gasteiger partial charge in [-0.05, 0) is 31.8 Å². The third kappa shape index (κ3) is 2.65. The van der Waals surface area contributed by atoms with Crippen LogP contribution in [0.2, 0.25) is 0 Å². The van der Waals surface area contributed by atoms with Crippen molar-refractivity contribution in [2.45, 2.75) is 12.8 Å². The second-order valence-corrected chi connectivity index (χ2v) is 4.32. The van der Waals surface area contributed by atoms with Crippen LogP contribution in [0.3, 0.4) is 0 Å². The van der Waals surface area contributed by atoms with Crippen molar-refractivity contribution in [3.8, 4) is 0 Å². The summed E-state index contributed by atoms with van der Waals surface area (Å²) in [7, 11) is 4.01. The molecule has 1 saturated heterocycles. The Labute approximate surface area is 90.7 Å². The van der Waals surface area contributed by atoms with Crippen LogP contribution in [0.15, 0.2) is 12.4 Å². The second-order valence-electron chi connectivity index (χ2n) is 4.32. The molecular weight excluding hydrogens is 188 g/mol. The van der Waals surface area contributed by atoms with E-state index < -0.39 is 0 Å². The molecule has 2 heterocycles. The molecule has 0 saturated carbocycles. The number of hydrogen-bond donors (Lipinski definition) is 1. The van der Waals surface area contributed by atoms with Crippen LogP contribution < -0.4 is 10.2 Å². The molecule has 1 fully saturated rings. The third-order valence-electron chi connectivity index (χ3n) is 2.83. The number of nitrogens with zero attached hydrogens (tertiary/aromatic N) is 3. The predicted molar refractivity (Wildman–Crippen MR) is 61.0 cm³/mol. The molecule has 0 aliphatic carbocycles. The normalized spacial score (nSPS) is 20.5. The van der Waals surface area contributed by atoms with Gasteiger partial charge in [0.2, 0.25) is 0 Å². The first-order valence-corrected chi connectivity index (χ1v) is 5.44. The standard InChI is InChI=1S/C11H18N4/c1-15(2)11-6-10(13-8-14-11)5-9-3-4-12-7-9/h6,8-9,12H,3-5,7H2,1-2H3/t9-/m1/s1. The molecule has 0 spiro atoms. The highest BCUT2D eigenvalue weighted by molar-refractivity contribution is 5.36. The van der Waals surface area contributed by atoms with E-state index in [0.717, 1.165) is 36.9 Å². The molecule has 1 aliphatic rings. The Morgan fingerprint density at radius 3 is 3.00 bits per heavy atom. The minimum atomic E-state index is 0.745. The molecule has 0 aromatic carbocycles. The van der Waals surface area contributed by atoms with Gasteiger partial charge < -0.3 is 10.2 Å². The van der Waals surface area contributed by atoms with E-state index in [2.05, 4.69) is 21.4 Å². The first kappa shape index (κ1) is 10.4. The molecule has 1 N–H and O–H groups in total. The van der Waals surface area contributed by atoms with Gasteiger partial charge in [-0.15, -0.1) is 0 Å². The molecule has 82 valence electrons. The lowest BCUT2D eigenvalue weighted by molar-refractivity contribution is 0.571. The summed E-state index contributed by atoms with van der Waals surface area (Å²) in [6, 6.07) is 2.08. The fourth-order valence-electron chi connectivity index (χ4n) is 1.93. The Morgan fingerprint density at radius 2 is 2.33 bits per heavy atom. The van der Waals surface area contributed by atoms with Gasteiger partial charge in [0.15, 0.2) is 0 Å². The van der Waals surface area contributed by atoms with Crippen LogP contribution >= 0.6 is 0 Å². The predicted octanol–water partition coefficient (Wildman–Crippen LogP) is 0.695. The zero-order valence-corrected chi connectivity index (χ0v) is 9.40. The third-order valence-corrected chi connectivity index (χ3v) is 2.83. The Balaban J connectivity index is 2.04. The first-order chi connectivity index (χ1) is 7.25. The van der Waals surface area contributed by atoms with Crippen LogP contribution in [0, 0.1) is 5.92 Å². The lowest BCUT2D eigenvalue weighted by Crippen LogP contribution is -2.14. The largest absolute Gasteiger partial charge is 0.363 e. The number of rotatable bonds is 3. The fourth-order valence-corrected chi connectivity index (χ4v) is 1.93. The molecule has 1 aromatic heterocycles. The Morgan fingerprint density at radius 1 is 1.47 bits per heavy atom. The van der Waals surface area contributed by atoms with Gasteiger partial charge in [0.05, 0.1) is 0 Å². The van der Waals surface area contributed by atoms with Crippen molar-refractivity contribution in [3.63, 3.8) is 0 Å². The molecule has 1 atom stereocenters.